The van der Waals surface area contributed by atoms with Gasteiger partial charge in [0.05, 0.1) is 30.2 Å². The maximum absolute atomic E-state index is 14.1. The lowest BCUT2D eigenvalue weighted by Gasteiger charge is -2.23. The number of benzene rings is 2. The van der Waals surface area contributed by atoms with Crippen LogP contribution in [-0.4, -0.2) is 31.6 Å². The van der Waals surface area contributed by atoms with Crippen molar-refractivity contribution in [1.82, 2.24) is 5.32 Å². The summed E-state index contributed by atoms with van der Waals surface area (Å²) >= 11 is 5.77. The van der Waals surface area contributed by atoms with Gasteiger partial charge in [-0.2, -0.15) is 0 Å². The Hall–Kier alpha value is -2.86. The number of ether oxygens (including phenoxy) is 2. The van der Waals surface area contributed by atoms with Gasteiger partial charge in [0.25, 0.3) is 5.91 Å². The smallest absolute Gasteiger partial charge is 0.314 e. The monoisotopic (exact) mass is 431 g/mol. The normalized spacial score (nSPS) is 18.7. The summed E-state index contributed by atoms with van der Waals surface area (Å²) in [5.41, 5.74) is 0.657. The minimum atomic E-state index is -0.754. The Morgan fingerprint density at radius 3 is 2.73 bits per heavy atom. The molecule has 30 heavy (non-hydrogen) atoms. The highest BCUT2D eigenvalue weighted by atomic mass is 35.5. The Labute approximate surface area is 179 Å². The van der Waals surface area contributed by atoms with Gasteiger partial charge in [-0.15, -0.1) is 0 Å². The molecule has 0 heterocycles. The largest absolute Gasteiger partial charge is 0.497 e. The third-order valence-corrected chi connectivity index (χ3v) is 5.34. The predicted molar refractivity (Wildman–Crippen MR) is 112 cm³/mol. The Morgan fingerprint density at radius 2 is 2.00 bits per heavy atom. The number of rotatable bonds is 7. The van der Waals surface area contributed by atoms with Crippen LogP contribution in [0.1, 0.15) is 35.2 Å². The van der Waals surface area contributed by atoms with Gasteiger partial charge in [0, 0.05) is 6.04 Å². The van der Waals surface area contributed by atoms with Crippen LogP contribution in [0.15, 0.2) is 54.6 Å². The van der Waals surface area contributed by atoms with E-state index < -0.39 is 17.6 Å². The number of amides is 1. The van der Waals surface area contributed by atoms with E-state index in [-0.39, 0.29) is 35.1 Å². The van der Waals surface area contributed by atoms with Crippen molar-refractivity contribution in [3.05, 3.63) is 76.6 Å². The number of methoxy groups -OCH3 is 1. The molecule has 3 rings (SSSR count). The zero-order valence-corrected chi connectivity index (χ0v) is 17.5. The van der Waals surface area contributed by atoms with E-state index in [4.69, 9.17) is 21.1 Å². The SMILES string of the molecule is CCOC(=O)C(c1cccc(OC)c1)C1C=CC(NC(=O)c2cccc(Cl)c2F)C1. The molecule has 2 aromatic carbocycles. The summed E-state index contributed by atoms with van der Waals surface area (Å²) in [4.78, 5) is 25.2. The molecule has 0 fully saturated rings. The number of esters is 1. The van der Waals surface area contributed by atoms with Gasteiger partial charge in [-0.05, 0) is 49.1 Å². The standard InChI is InChI=1S/C23H23ClFNO4/c1-3-30-23(28)20(14-6-4-7-17(13-14)29-2)15-10-11-16(12-15)26-22(27)18-8-5-9-19(24)21(18)25/h4-11,13,15-16,20H,3,12H2,1-2H3,(H,26,27). The van der Waals surface area contributed by atoms with Crippen molar-refractivity contribution in [3.8, 4) is 5.75 Å². The van der Waals surface area contributed by atoms with E-state index in [0.29, 0.717) is 12.2 Å². The van der Waals surface area contributed by atoms with Crippen molar-refractivity contribution >= 4 is 23.5 Å². The highest BCUT2D eigenvalue weighted by Crippen LogP contribution is 2.36. The van der Waals surface area contributed by atoms with Gasteiger partial charge in [-0.25, -0.2) is 4.39 Å². The molecule has 0 aliphatic heterocycles. The molecule has 0 aromatic heterocycles. The summed E-state index contributed by atoms with van der Waals surface area (Å²) in [7, 11) is 1.56. The number of halogens is 2. The molecule has 0 radical (unpaired) electrons. The first-order valence-electron chi connectivity index (χ1n) is 9.68. The highest BCUT2D eigenvalue weighted by molar-refractivity contribution is 6.31. The molecule has 0 bridgehead atoms. The fraction of sp³-hybridized carbons (Fsp3) is 0.304. The van der Waals surface area contributed by atoms with Crippen LogP contribution in [0.3, 0.4) is 0 Å². The van der Waals surface area contributed by atoms with Crippen molar-refractivity contribution in [2.24, 2.45) is 5.92 Å². The summed E-state index contributed by atoms with van der Waals surface area (Å²) in [5.74, 6) is -1.74. The average Bonchev–Trinajstić information content (AvgIpc) is 3.18. The molecule has 1 amide bonds. The van der Waals surface area contributed by atoms with E-state index in [9.17, 15) is 14.0 Å². The third kappa shape index (κ3) is 4.82. The van der Waals surface area contributed by atoms with Gasteiger partial charge < -0.3 is 14.8 Å². The molecule has 1 aliphatic carbocycles. The average molecular weight is 432 g/mol. The van der Waals surface area contributed by atoms with E-state index in [1.807, 2.05) is 30.4 Å². The van der Waals surface area contributed by atoms with Crippen LogP contribution in [0.25, 0.3) is 0 Å². The number of nitrogens with one attached hydrogen (secondary N) is 1. The van der Waals surface area contributed by atoms with Crippen molar-refractivity contribution in [2.45, 2.75) is 25.3 Å². The molecule has 1 aliphatic rings. The first-order chi connectivity index (χ1) is 14.4. The molecule has 0 spiro atoms. The zero-order chi connectivity index (χ0) is 21.7. The lowest BCUT2D eigenvalue weighted by atomic mass is 9.85. The van der Waals surface area contributed by atoms with Crippen molar-refractivity contribution in [1.29, 1.82) is 0 Å². The van der Waals surface area contributed by atoms with Crippen LogP contribution in [0.5, 0.6) is 5.75 Å². The third-order valence-electron chi connectivity index (χ3n) is 5.05. The first kappa shape index (κ1) is 21.8. The molecule has 1 N–H and O–H groups in total. The molecule has 7 heteroatoms. The maximum Gasteiger partial charge on any atom is 0.314 e. The van der Waals surface area contributed by atoms with Crippen LogP contribution in [0.2, 0.25) is 5.02 Å². The van der Waals surface area contributed by atoms with E-state index >= 15 is 0 Å². The highest BCUT2D eigenvalue weighted by Gasteiger charge is 2.34. The minimum Gasteiger partial charge on any atom is -0.497 e. The second-order valence-corrected chi connectivity index (χ2v) is 7.38. The number of carbonyl (C=O) groups is 2. The van der Waals surface area contributed by atoms with Crippen LogP contribution in [0.4, 0.5) is 4.39 Å². The minimum absolute atomic E-state index is 0.108. The van der Waals surface area contributed by atoms with Crippen LogP contribution in [0, 0.1) is 11.7 Å². The topological polar surface area (TPSA) is 64.6 Å². The quantitative estimate of drug-likeness (QED) is 0.517. The van der Waals surface area contributed by atoms with Crippen LogP contribution in [-0.2, 0) is 9.53 Å². The lowest BCUT2D eigenvalue weighted by Crippen LogP contribution is -2.34. The Balaban J connectivity index is 1.76. The van der Waals surface area contributed by atoms with E-state index in [1.165, 1.54) is 18.2 Å². The predicted octanol–water partition coefficient (Wildman–Crippen LogP) is 4.51. The Bertz CT molecular complexity index is 962. The van der Waals surface area contributed by atoms with Crippen LogP contribution < -0.4 is 10.1 Å². The van der Waals surface area contributed by atoms with Gasteiger partial charge in [0.2, 0.25) is 0 Å². The molecule has 0 saturated carbocycles. The van der Waals surface area contributed by atoms with Gasteiger partial charge in [0.1, 0.15) is 5.75 Å². The Kier molecular flexibility index (Phi) is 7.11. The van der Waals surface area contributed by atoms with Gasteiger partial charge in [-0.3, -0.25) is 9.59 Å². The molecule has 3 unspecified atom stereocenters. The fourth-order valence-electron chi connectivity index (χ4n) is 3.63. The van der Waals surface area contributed by atoms with Crippen molar-refractivity contribution in [2.75, 3.05) is 13.7 Å². The van der Waals surface area contributed by atoms with Crippen molar-refractivity contribution < 1.29 is 23.5 Å². The first-order valence-corrected chi connectivity index (χ1v) is 10.1. The van der Waals surface area contributed by atoms with Gasteiger partial charge >= 0.3 is 5.97 Å². The second-order valence-electron chi connectivity index (χ2n) is 6.97. The summed E-state index contributed by atoms with van der Waals surface area (Å²) in [6.45, 7) is 2.03. The molecule has 2 aromatic rings. The molecular weight excluding hydrogens is 409 g/mol. The zero-order valence-electron chi connectivity index (χ0n) is 16.7. The molecular formula is C23H23ClFNO4. The summed E-state index contributed by atoms with van der Waals surface area (Å²) in [5, 5.41) is 2.68. The van der Waals surface area contributed by atoms with E-state index in [1.54, 1.807) is 20.1 Å². The van der Waals surface area contributed by atoms with Crippen molar-refractivity contribution in [3.63, 3.8) is 0 Å². The molecule has 0 saturated heterocycles. The summed E-state index contributed by atoms with van der Waals surface area (Å²) in [6.07, 6.45) is 4.19. The number of hydrogen-bond donors (Lipinski definition) is 1. The van der Waals surface area contributed by atoms with Gasteiger partial charge in [0.15, 0.2) is 5.82 Å². The summed E-state index contributed by atoms with van der Waals surface area (Å²) < 4.78 is 24.7. The number of hydrogen-bond acceptors (Lipinski definition) is 4. The number of carbonyl (C=O) groups excluding carboxylic acids is 2. The fourth-order valence-corrected chi connectivity index (χ4v) is 3.81. The molecule has 3 atom stereocenters. The lowest BCUT2D eigenvalue weighted by molar-refractivity contribution is -0.146. The number of allylic oxidation sites excluding steroid dienone is 1. The second kappa shape index (κ2) is 9.76. The maximum atomic E-state index is 14.1. The molecule has 158 valence electrons. The van der Waals surface area contributed by atoms with E-state index in [0.717, 1.165) is 5.56 Å². The van der Waals surface area contributed by atoms with Gasteiger partial charge in [-0.1, -0.05) is 42.0 Å². The molecule has 5 nitrogen and oxygen atoms in total. The van der Waals surface area contributed by atoms with E-state index in [2.05, 4.69) is 5.32 Å². The summed E-state index contributed by atoms with van der Waals surface area (Å²) in [6, 6.07) is 11.2. The Morgan fingerprint density at radius 1 is 1.23 bits per heavy atom. The van der Waals surface area contributed by atoms with Crippen LogP contribution >= 0.6 is 11.6 Å².